The van der Waals surface area contributed by atoms with E-state index in [4.69, 9.17) is 5.73 Å². The van der Waals surface area contributed by atoms with E-state index in [1.54, 1.807) is 6.07 Å². The quantitative estimate of drug-likeness (QED) is 0.486. The Labute approximate surface area is 149 Å². The Morgan fingerprint density at radius 3 is 2.65 bits per heavy atom. The summed E-state index contributed by atoms with van der Waals surface area (Å²) in [5.74, 6) is -0.103. The zero-order chi connectivity index (χ0) is 17.7. The number of H-pyrrole nitrogens is 1. The van der Waals surface area contributed by atoms with Crippen LogP contribution in [0.2, 0.25) is 0 Å². The van der Waals surface area contributed by atoms with E-state index < -0.39 is 0 Å². The third kappa shape index (κ3) is 2.10. The van der Waals surface area contributed by atoms with E-state index in [0.29, 0.717) is 17.8 Å². The Hall–Kier alpha value is -3.60. The molecule has 26 heavy (non-hydrogen) atoms. The highest BCUT2D eigenvalue weighted by molar-refractivity contribution is 6.05. The smallest absolute Gasteiger partial charge is 0.254 e. The number of hydrogen-bond donors (Lipinski definition) is 3. The number of rotatable bonds is 2. The molecule has 126 valence electrons. The highest BCUT2D eigenvalue weighted by atomic mass is 16.1. The van der Waals surface area contributed by atoms with E-state index >= 15 is 0 Å². The first kappa shape index (κ1) is 14.7. The van der Waals surface area contributed by atoms with Crippen molar-refractivity contribution < 1.29 is 4.79 Å². The predicted molar refractivity (Wildman–Crippen MR) is 103 cm³/mol. The molecule has 0 bridgehead atoms. The van der Waals surface area contributed by atoms with Crippen LogP contribution in [0.15, 0.2) is 60.7 Å². The van der Waals surface area contributed by atoms with Gasteiger partial charge in [0, 0.05) is 23.2 Å². The Morgan fingerprint density at radius 2 is 1.81 bits per heavy atom. The molecule has 1 aromatic heterocycles. The molecule has 0 saturated heterocycles. The molecule has 0 fully saturated rings. The lowest BCUT2D eigenvalue weighted by molar-refractivity contribution is 0.0966. The zero-order valence-corrected chi connectivity index (χ0v) is 13.9. The van der Waals surface area contributed by atoms with Crippen molar-refractivity contribution in [2.45, 2.75) is 6.54 Å². The normalized spacial score (nSPS) is 13.0. The van der Waals surface area contributed by atoms with Crippen LogP contribution in [0.4, 0.5) is 5.69 Å². The predicted octanol–water partition coefficient (Wildman–Crippen LogP) is 3.72. The lowest BCUT2D eigenvalue weighted by atomic mass is 9.94. The van der Waals surface area contributed by atoms with E-state index in [0.717, 1.165) is 38.9 Å². The molecule has 3 aromatic carbocycles. The number of nitrogens with two attached hydrogens (primary N) is 1. The van der Waals surface area contributed by atoms with Crippen molar-refractivity contribution in [2.75, 3.05) is 5.73 Å². The summed E-state index contributed by atoms with van der Waals surface area (Å²) in [6, 6.07) is 20.1. The van der Waals surface area contributed by atoms with E-state index in [2.05, 4.69) is 21.6 Å². The van der Waals surface area contributed by atoms with Crippen LogP contribution in [-0.4, -0.2) is 16.1 Å². The SMILES string of the molecule is Nc1ccc(-c2ccc3[nH]nc(-c4ccccc4)c3c2)c2c1C(=O)NC2. The summed E-state index contributed by atoms with van der Waals surface area (Å²) in [5.41, 5.74) is 13.1. The third-order valence-corrected chi connectivity index (χ3v) is 4.92. The van der Waals surface area contributed by atoms with Crippen LogP contribution in [0.5, 0.6) is 0 Å². The van der Waals surface area contributed by atoms with Gasteiger partial charge in [0.05, 0.1) is 16.8 Å². The number of aromatic nitrogens is 2. The molecule has 0 saturated carbocycles. The van der Waals surface area contributed by atoms with Gasteiger partial charge in [-0.1, -0.05) is 42.5 Å². The van der Waals surface area contributed by atoms with Crippen molar-refractivity contribution in [3.05, 3.63) is 71.8 Å². The van der Waals surface area contributed by atoms with Crippen LogP contribution in [0.25, 0.3) is 33.3 Å². The van der Waals surface area contributed by atoms with Crippen molar-refractivity contribution in [1.82, 2.24) is 15.5 Å². The number of fused-ring (bicyclic) bond motifs is 2. The molecule has 5 rings (SSSR count). The van der Waals surface area contributed by atoms with Crippen LogP contribution < -0.4 is 11.1 Å². The molecule has 5 heteroatoms. The Morgan fingerprint density at radius 1 is 0.962 bits per heavy atom. The van der Waals surface area contributed by atoms with Gasteiger partial charge in [0.25, 0.3) is 5.91 Å². The van der Waals surface area contributed by atoms with E-state index in [1.807, 2.05) is 48.5 Å². The topological polar surface area (TPSA) is 83.8 Å². The average Bonchev–Trinajstić information content (AvgIpc) is 3.27. The number of carbonyl (C=O) groups is 1. The molecule has 4 N–H and O–H groups in total. The third-order valence-electron chi connectivity index (χ3n) is 4.92. The van der Waals surface area contributed by atoms with Crippen molar-refractivity contribution in [3.63, 3.8) is 0 Å². The number of anilines is 1. The molecular weight excluding hydrogens is 324 g/mol. The summed E-state index contributed by atoms with van der Waals surface area (Å²) in [4.78, 5) is 12.1. The highest BCUT2D eigenvalue weighted by Gasteiger charge is 2.25. The van der Waals surface area contributed by atoms with Crippen LogP contribution in [0.1, 0.15) is 15.9 Å². The summed E-state index contributed by atoms with van der Waals surface area (Å²) in [6.07, 6.45) is 0. The molecule has 1 aliphatic rings. The van der Waals surface area contributed by atoms with Crippen LogP contribution in [-0.2, 0) is 6.54 Å². The highest BCUT2D eigenvalue weighted by Crippen LogP contribution is 2.35. The summed E-state index contributed by atoms with van der Waals surface area (Å²) in [7, 11) is 0. The van der Waals surface area contributed by atoms with Gasteiger partial charge in [-0.15, -0.1) is 0 Å². The van der Waals surface area contributed by atoms with Crippen LogP contribution in [0, 0.1) is 0 Å². The van der Waals surface area contributed by atoms with Gasteiger partial charge in [0.15, 0.2) is 0 Å². The first-order valence-corrected chi connectivity index (χ1v) is 8.46. The van der Waals surface area contributed by atoms with E-state index in [9.17, 15) is 4.79 Å². The molecule has 1 aliphatic heterocycles. The summed E-state index contributed by atoms with van der Waals surface area (Å²) >= 11 is 0. The minimum atomic E-state index is -0.103. The summed E-state index contributed by atoms with van der Waals surface area (Å²) < 4.78 is 0. The standard InChI is InChI=1S/C21H16N4O/c22-17-8-7-14(16-11-23-21(26)19(16)17)13-6-9-18-15(10-13)20(25-24-18)12-4-2-1-3-5-12/h1-10H,11,22H2,(H,23,26)(H,24,25). The molecule has 5 nitrogen and oxygen atoms in total. The summed E-state index contributed by atoms with van der Waals surface area (Å²) in [6.45, 7) is 0.503. The number of hydrogen-bond acceptors (Lipinski definition) is 3. The second-order valence-electron chi connectivity index (χ2n) is 6.44. The second kappa shape index (κ2) is 5.46. The van der Waals surface area contributed by atoms with Crippen molar-refractivity contribution in [3.8, 4) is 22.4 Å². The largest absolute Gasteiger partial charge is 0.398 e. The van der Waals surface area contributed by atoms with Gasteiger partial charge in [-0.2, -0.15) is 5.10 Å². The van der Waals surface area contributed by atoms with Gasteiger partial charge in [-0.25, -0.2) is 0 Å². The number of nitrogens with one attached hydrogen (secondary N) is 2. The molecule has 0 aliphatic carbocycles. The molecule has 0 unspecified atom stereocenters. The fraction of sp³-hybridized carbons (Fsp3) is 0.0476. The number of benzene rings is 3. The van der Waals surface area contributed by atoms with Gasteiger partial charge in [0.2, 0.25) is 0 Å². The number of amides is 1. The van der Waals surface area contributed by atoms with E-state index in [1.165, 1.54) is 0 Å². The lowest BCUT2D eigenvalue weighted by Crippen LogP contribution is -2.13. The van der Waals surface area contributed by atoms with E-state index in [-0.39, 0.29) is 5.91 Å². The Bertz CT molecular complexity index is 1160. The minimum Gasteiger partial charge on any atom is -0.398 e. The van der Waals surface area contributed by atoms with Gasteiger partial charge < -0.3 is 11.1 Å². The maximum Gasteiger partial charge on any atom is 0.254 e. The van der Waals surface area contributed by atoms with Crippen LogP contribution >= 0.6 is 0 Å². The van der Waals surface area contributed by atoms with Gasteiger partial charge in [-0.3, -0.25) is 9.89 Å². The second-order valence-corrected chi connectivity index (χ2v) is 6.44. The fourth-order valence-electron chi connectivity index (χ4n) is 3.64. The number of carbonyl (C=O) groups excluding carboxylic acids is 1. The lowest BCUT2D eigenvalue weighted by Gasteiger charge is -2.09. The molecule has 0 radical (unpaired) electrons. The van der Waals surface area contributed by atoms with Crippen molar-refractivity contribution in [1.29, 1.82) is 0 Å². The maximum absolute atomic E-state index is 12.1. The molecular formula is C21H16N4O. The van der Waals surface area contributed by atoms with Gasteiger partial charge >= 0.3 is 0 Å². The van der Waals surface area contributed by atoms with Gasteiger partial charge in [0.1, 0.15) is 0 Å². The molecule has 1 amide bonds. The monoisotopic (exact) mass is 340 g/mol. The maximum atomic E-state index is 12.1. The fourth-order valence-corrected chi connectivity index (χ4v) is 3.64. The summed E-state index contributed by atoms with van der Waals surface area (Å²) in [5, 5.41) is 11.5. The Kier molecular flexibility index (Phi) is 3.09. The number of nitrogens with zero attached hydrogens (tertiary/aromatic N) is 1. The van der Waals surface area contributed by atoms with Crippen LogP contribution in [0.3, 0.4) is 0 Å². The van der Waals surface area contributed by atoms with Crippen molar-refractivity contribution in [2.24, 2.45) is 0 Å². The Balaban J connectivity index is 1.71. The molecule has 0 spiro atoms. The van der Waals surface area contributed by atoms with Gasteiger partial charge in [-0.05, 0) is 34.9 Å². The molecule has 2 heterocycles. The number of nitrogen functional groups attached to an aromatic ring is 1. The molecule has 4 aromatic rings. The first-order valence-electron chi connectivity index (χ1n) is 8.46. The minimum absolute atomic E-state index is 0.103. The average molecular weight is 340 g/mol. The first-order chi connectivity index (χ1) is 12.7. The van der Waals surface area contributed by atoms with Crippen molar-refractivity contribution >= 4 is 22.5 Å². The molecule has 0 atom stereocenters. The number of aromatic amines is 1. The zero-order valence-electron chi connectivity index (χ0n) is 13.9.